The van der Waals surface area contributed by atoms with Crippen molar-refractivity contribution in [1.29, 1.82) is 0 Å². The number of nitrogens with zero attached hydrogens (tertiary/aromatic N) is 2. The monoisotopic (exact) mass is 404 g/mol. The van der Waals surface area contributed by atoms with Crippen LogP contribution in [-0.2, 0) is 4.74 Å². The molecule has 0 radical (unpaired) electrons. The van der Waals surface area contributed by atoms with Crippen LogP contribution in [0.5, 0.6) is 5.75 Å². The molecular weight excluding hydrogens is 397 g/mol. The standard InChI is InChI=1S/C15H8ClF3N2O2S2/c16-13-11-9(20-7-21-13)6-10(25-11)12(15(17,18)19)23-14(24)22-8-4-2-1-3-5-8/h1-7,12H. The van der Waals surface area contributed by atoms with Gasteiger partial charge in [0, 0.05) is 12.2 Å². The summed E-state index contributed by atoms with van der Waals surface area (Å²) in [7, 11) is 0. The molecule has 3 rings (SSSR count). The molecule has 3 aromatic rings. The van der Waals surface area contributed by atoms with Gasteiger partial charge in [0.1, 0.15) is 17.2 Å². The van der Waals surface area contributed by atoms with Crippen LogP contribution in [0.1, 0.15) is 11.0 Å². The number of thiophene rings is 1. The topological polar surface area (TPSA) is 44.2 Å². The summed E-state index contributed by atoms with van der Waals surface area (Å²) in [5, 5.41) is -0.562. The molecular formula is C15H8ClF3N2O2S2. The molecule has 2 heterocycles. The van der Waals surface area contributed by atoms with Gasteiger partial charge >= 0.3 is 11.4 Å². The third kappa shape index (κ3) is 4.17. The fourth-order valence-electron chi connectivity index (χ4n) is 1.96. The Morgan fingerprint density at radius 1 is 1.20 bits per heavy atom. The van der Waals surface area contributed by atoms with Crippen molar-refractivity contribution in [1.82, 2.24) is 9.97 Å². The smallest absolute Gasteiger partial charge is 0.430 e. The molecule has 0 N–H and O–H groups in total. The summed E-state index contributed by atoms with van der Waals surface area (Å²) < 4.78 is 50.6. The first-order valence-corrected chi connectivity index (χ1v) is 8.35. The van der Waals surface area contributed by atoms with E-state index in [-0.39, 0.29) is 15.8 Å². The minimum atomic E-state index is -4.70. The van der Waals surface area contributed by atoms with Crippen LogP contribution in [0, 0.1) is 0 Å². The van der Waals surface area contributed by atoms with Crippen LogP contribution >= 0.6 is 35.2 Å². The first-order chi connectivity index (χ1) is 11.8. The third-order valence-electron chi connectivity index (χ3n) is 3.00. The van der Waals surface area contributed by atoms with Gasteiger partial charge in [0.25, 0.3) is 0 Å². The highest BCUT2D eigenvalue weighted by molar-refractivity contribution is 7.79. The summed E-state index contributed by atoms with van der Waals surface area (Å²) >= 11 is 11.5. The lowest BCUT2D eigenvalue weighted by Crippen LogP contribution is -2.26. The van der Waals surface area contributed by atoms with Crippen LogP contribution in [0.2, 0.25) is 5.15 Å². The number of ether oxygens (including phenoxy) is 2. The van der Waals surface area contributed by atoms with Gasteiger partial charge in [-0.3, -0.25) is 0 Å². The van der Waals surface area contributed by atoms with E-state index in [1.807, 2.05) is 0 Å². The van der Waals surface area contributed by atoms with E-state index in [2.05, 4.69) is 9.97 Å². The number of thiocarbonyl (C=S) groups is 1. The summed E-state index contributed by atoms with van der Waals surface area (Å²) in [6, 6.07) is 9.39. The Bertz CT molecular complexity index is 903. The minimum Gasteiger partial charge on any atom is -0.438 e. The van der Waals surface area contributed by atoms with Crippen LogP contribution in [0.3, 0.4) is 0 Å². The molecule has 0 aliphatic carbocycles. The normalized spacial score (nSPS) is 12.8. The van der Waals surface area contributed by atoms with E-state index in [0.29, 0.717) is 10.2 Å². The minimum absolute atomic E-state index is 0.0743. The van der Waals surface area contributed by atoms with Gasteiger partial charge < -0.3 is 9.47 Å². The molecule has 0 fully saturated rings. The van der Waals surface area contributed by atoms with Crippen LogP contribution in [-0.4, -0.2) is 21.4 Å². The highest BCUT2D eigenvalue weighted by Crippen LogP contribution is 2.42. The molecule has 0 spiro atoms. The largest absolute Gasteiger partial charge is 0.438 e. The van der Waals surface area contributed by atoms with Gasteiger partial charge in [0.15, 0.2) is 0 Å². The fraction of sp³-hybridized carbons (Fsp3) is 0.133. The molecule has 130 valence electrons. The van der Waals surface area contributed by atoms with Gasteiger partial charge in [0.05, 0.1) is 15.1 Å². The summed E-state index contributed by atoms with van der Waals surface area (Å²) in [5.41, 5.74) is 0.299. The second-order valence-electron chi connectivity index (χ2n) is 4.73. The van der Waals surface area contributed by atoms with E-state index in [9.17, 15) is 13.2 Å². The van der Waals surface area contributed by atoms with Crippen molar-refractivity contribution in [2.45, 2.75) is 12.3 Å². The summed E-state index contributed by atoms with van der Waals surface area (Å²) in [6.07, 6.45) is -5.82. The zero-order valence-electron chi connectivity index (χ0n) is 12.2. The van der Waals surface area contributed by atoms with Crippen molar-refractivity contribution in [2.75, 3.05) is 0 Å². The molecule has 25 heavy (non-hydrogen) atoms. The van der Waals surface area contributed by atoms with Crippen molar-refractivity contribution in [2.24, 2.45) is 0 Å². The van der Waals surface area contributed by atoms with E-state index in [4.69, 9.17) is 33.3 Å². The lowest BCUT2D eigenvalue weighted by molar-refractivity contribution is -0.202. The van der Waals surface area contributed by atoms with Crippen molar-refractivity contribution in [3.05, 3.63) is 52.8 Å². The van der Waals surface area contributed by atoms with Crippen LogP contribution < -0.4 is 4.74 Å². The van der Waals surface area contributed by atoms with Gasteiger partial charge in [-0.2, -0.15) is 13.2 Å². The van der Waals surface area contributed by atoms with E-state index in [1.54, 1.807) is 30.3 Å². The molecule has 0 aliphatic rings. The first-order valence-electron chi connectivity index (χ1n) is 6.75. The number of fused-ring (bicyclic) bond motifs is 1. The van der Waals surface area contributed by atoms with E-state index < -0.39 is 17.5 Å². The Labute approximate surface area is 154 Å². The number of aromatic nitrogens is 2. The van der Waals surface area contributed by atoms with Crippen molar-refractivity contribution in [3.8, 4) is 5.75 Å². The molecule has 1 unspecified atom stereocenters. The number of benzene rings is 1. The highest BCUT2D eigenvalue weighted by Gasteiger charge is 2.45. The zero-order chi connectivity index (χ0) is 18.0. The first kappa shape index (κ1) is 17.8. The molecule has 0 amide bonds. The molecule has 0 bridgehead atoms. The lowest BCUT2D eigenvalue weighted by Gasteiger charge is -2.20. The highest BCUT2D eigenvalue weighted by atomic mass is 35.5. The lowest BCUT2D eigenvalue weighted by atomic mass is 10.2. The van der Waals surface area contributed by atoms with Crippen molar-refractivity contribution >= 4 is 50.6 Å². The van der Waals surface area contributed by atoms with Gasteiger partial charge in [-0.05, 0) is 18.2 Å². The second-order valence-corrected chi connectivity index (χ2v) is 6.51. The molecule has 1 aromatic carbocycles. The Morgan fingerprint density at radius 3 is 2.56 bits per heavy atom. The number of alkyl halides is 3. The molecule has 0 aliphatic heterocycles. The number of para-hydroxylation sites is 1. The van der Waals surface area contributed by atoms with E-state index in [0.717, 1.165) is 11.3 Å². The van der Waals surface area contributed by atoms with E-state index >= 15 is 0 Å². The maximum Gasteiger partial charge on any atom is 0.430 e. The summed E-state index contributed by atoms with van der Waals surface area (Å²) in [6.45, 7) is 0. The Kier molecular flexibility index (Phi) is 5.07. The average Bonchev–Trinajstić information content (AvgIpc) is 2.97. The molecule has 2 aromatic heterocycles. The van der Waals surface area contributed by atoms with Gasteiger partial charge in [-0.1, -0.05) is 29.8 Å². The van der Waals surface area contributed by atoms with Gasteiger partial charge in [-0.15, -0.1) is 11.3 Å². The van der Waals surface area contributed by atoms with Gasteiger partial charge in [-0.25, -0.2) is 9.97 Å². The molecule has 10 heteroatoms. The van der Waals surface area contributed by atoms with Crippen LogP contribution in [0.4, 0.5) is 13.2 Å². The van der Waals surface area contributed by atoms with Crippen LogP contribution in [0.25, 0.3) is 10.2 Å². The SMILES string of the molecule is FC(F)(F)C(OC(=S)Oc1ccccc1)c1cc2ncnc(Cl)c2s1. The maximum absolute atomic E-state index is 13.4. The number of halogens is 4. The van der Waals surface area contributed by atoms with E-state index in [1.165, 1.54) is 12.4 Å². The molecule has 1 atom stereocenters. The molecule has 4 nitrogen and oxygen atoms in total. The Hall–Kier alpha value is -1.97. The second kappa shape index (κ2) is 7.11. The maximum atomic E-state index is 13.4. The van der Waals surface area contributed by atoms with Crippen LogP contribution in [0.15, 0.2) is 42.7 Å². The Balaban J connectivity index is 1.87. The number of hydrogen-bond acceptors (Lipinski definition) is 6. The van der Waals surface area contributed by atoms with Crippen molar-refractivity contribution in [3.63, 3.8) is 0 Å². The summed E-state index contributed by atoms with van der Waals surface area (Å²) in [5.74, 6) is 0.277. The summed E-state index contributed by atoms with van der Waals surface area (Å²) in [4.78, 5) is 7.50. The third-order valence-corrected chi connectivity index (χ3v) is 4.75. The molecule has 0 saturated heterocycles. The predicted molar refractivity (Wildman–Crippen MR) is 92.0 cm³/mol. The average molecular weight is 405 g/mol. The predicted octanol–water partition coefficient (Wildman–Crippen LogP) is 5.33. The number of hydrogen-bond donors (Lipinski definition) is 0. The van der Waals surface area contributed by atoms with Crippen molar-refractivity contribution < 1.29 is 22.6 Å². The fourth-order valence-corrected chi connectivity index (χ4v) is 3.46. The molecule has 0 saturated carbocycles. The quantitative estimate of drug-likeness (QED) is 0.436. The number of rotatable bonds is 3. The zero-order valence-corrected chi connectivity index (χ0v) is 14.5. The van der Waals surface area contributed by atoms with Gasteiger partial charge in [0.2, 0.25) is 6.10 Å². The Morgan fingerprint density at radius 2 is 1.92 bits per heavy atom.